The molecule has 12 nitrogen and oxygen atoms in total. The van der Waals surface area contributed by atoms with E-state index in [0.29, 0.717) is 5.56 Å². The number of azide groups is 1. The van der Waals surface area contributed by atoms with Crippen LogP contribution >= 0.6 is 53.0 Å². The summed E-state index contributed by atoms with van der Waals surface area (Å²) in [7, 11) is -4.24. The van der Waals surface area contributed by atoms with E-state index in [-0.39, 0.29) is 24.5 Å². The Hall–Kier alpha value is -2.36. The lowest BCUT2D eigenvalue weighted by Gasteiger charge is -2.22. The number of rotatable bonds is 9. The third-order valence-corrected chi connectivity index (χ3v) is 8.09. The summed E-state index contributed by atoms with van der Waals surface area (Å²) in [4.78, 5) is 29.1. The molecule has 0 amide bonds. The van der Waals surface area contributed by atoms with Gasteiger partial charge in [-0.2, -0.15) is 0 Å². The zero-order chi connectivity index (χ0) is 26.6. The van der Waals surface area contributed by atoms with Gasteiger partial charge in [0.25, 0.3) is 5.56 Å². The van der Waals surface area contributed by atoms with Crippen LogP contribution in [0.15, 0.2) is 69.4 Å². The van der Waals surface area contributed by atoms with Crippen LogP contribution < -0.4 is 20.3 Å². The highest BCUT2D eigenvalue weighted by Gasteiger charge is 2.40. The Morgan fingerprint density at radius 2 is 1.68 bits per heavy atom. The van der Waals surface area contributed by atoms with Gasteiger partial charge in [-0.15, -0.1) is 0 Å². The first kappa shape index (κ1) is 27.7. The standard InChI is InChI=1S/C22H20I2N5O7P/c1-13-11-29(22(31)26-21(13)30)20-10-18(27-28-25)19(34-20)12-33-37(32,35-16-6-2-14(23)3-7-16)36-17-8-4-15(24)5-9-17/h2-9,11,18-20H,10,12H2,1H3,(H,26,30,31)/t18-,19+,20+/m0/s1. The van der Waals surface area contributed by atoms with Crippen molar-refractivity contribution in [3.8, 4) is 11.5 Å². The summed E-state index contributed by atoms with van der Waals surface area (Å²) < 4.78 is 39.7. The van der Waals surface area contributed by atoms with Crippen LogP contribution in [0.5, 0.6) is 11.5 Å². The van der Waals surface area contributed by atoms with Crippen molar-refractivity contribution in [1.29, 1.82) is 0 Å². The van der Waals surface area contributed by atoms with E-state index in [1.54, 1.807) is 55.5 Å². The van der Waals surface area contributed by atoms with Crippen LogP contribution in [0, 0.1) is 14.1 Å². The van der Waals surface area contributed by atoms with Crippen molar-refractivity contribution >= 4 is 53.0 Å². The quantitative estimate of drug-likeness (QED) is 0.102. The number of halogens is 2. The van der Waals surface area contributed by atoms with Crippen LogP contribution in [0.2, 0.25) is 0 Å². The summed E-state index contributed by atoms with van der Waals surface area (Å²) in [6.07, 6.45) is -0.230. The Balaban J connectivity index is 1.56. The molecule has 0 spiro atoms. The highest BCUT2D eigenvalue weighted by atomic mass is 127. The Kier molecular flexibility index (Phi) is 8.98. The van der Waals surface area contributed by atoms with E-state index in [1.165, 1.54) is 10.8 Å². The van der Waals surface area contributed by atoms with Gasteiger partial charge in [0.15, 0.2) is 0 Å². The van der Waals surface area contributed by atoms with Crippen LogP contribution in [0.3, 0.4) is 0 Å². The monoisotopic (exact) mass is 751 g/mol. The molecule has 0 bridgehead atoms. The molecule has 15 heteroatoms. The molecule has 0 unspecified atom stereocenters. The number of nitrogens with one attached hydrogen (secondary N) is 1. The minimum Gasteiger partial charge on any atom is -0.395 e. The third-order valence-electron chi connectivity index (χ3n) is 5.32. The van der Waals surface area contributed by atoms with Crippen molar-refractivity contribution in [2.24, 2.45) is 5.11 Å². The van der Waals surface area contributed by atoms with Gasteiger partial charge in [-0.05, 0) is 106 Å². The van der Waals surface area contributed by atoms with Gasteiger partial charge >= 0.3 is 13.5 Å². The van der Waals surface area contributed by atoms with Gasteiger partial charge in [-0.25, -0.2) is 9.36 Å². The van der Waals surface area contributed by atoms with Crippen molar-refractivity contribution in [3.05, 3.63) is 98.7 Å². The SMILES string of the molecule is Cc1cn([C@H]2C[C@H](N=[N+]=[N-])[C@@H](COP(=O)(Oc3ccc(I)cc3)Oc3ccc(I)cc3)O2)c(=O)[nH]c1=O. The number of benzene rings is 2. The number of nitrogens with zero attached hydrogens (tertiary/aromatic N) is 4. The molecule has 0 radical (unpaired) electrons. The molecular weight excluding hydrogens is 731 g/mol. The lowest BCUT2D eigenvalue weighted by Crippen LogP contribution is -2.33. The molecule has 1 fully saturated rings. The smallest absolute Gasteiger partial charge is 0.395 e. The Bertz CT molecular complexity index is 1420. The van der Waals surface area contributed by atoms with Crippen molar-refractivity contribution < 1.29 is 22.9 Å². The fraction of sp³-hybridized carbons (Fsp3) is 0.273. The zero-order valence-corrected chi connectivity index (χ0v) is 24.4. The molecule has 0 aliphatic carbocycles. The minimum atomic E-state index is -4.24. The van der Waals surface area contributed by atoms with Crippen molar-refractivity contribution in [2.45, 2.75) is 31.7 Å². The molecule has 2 heterocycles. The summed E-state index contributed by atoms with van der Waals surface area (Å²) in [5.41, 5.74) is 8.17. The van der Waals surface area contributed by atoms with Crippen LogP contribution in [-0.4, -0.2) is 28.3 Å². The van der Waals surface area contributed by atoms with Crippen LogP contribution in [0.4, 0.5) is 0 Å². The molecule has 3 atom stereocenters. The summed E-state index contributed by atoms with van der Waals surface area (Å²) in [6.45, 7) is 1.22. The number of hydrogen-bond donors (Lipinski definition) is 1. The molecule has 2 aromatic carbocycles. The number of ether oxygens (including phenoxy) is 1. The van der Waals surface area contributed by atoms with E-state index >= 15 is 0 Å². The average Bonchev–Trinajstić information content (AvgIpc) is 3.26. The van der Waals surface area contributed by atoms with Gasteiger partial charge < -0.3 is 13.8 Å². The highest BCUT2D eigenvalue weighted by molar-refractivity contribution is 14.1. The molecule has 1 aromatic heterocycles. The lowest BCUT2D eigenvalue weighted by atomic mass is 10.1. The van der Waals surface area contributed by atoms with Crippen LogP contribution in [-0.2, 0) is 13.8 Å². The second kappa shape index (κ2) is 12.0. The molecule has 4 rings (SSSR count). The van der Waals surface area contributed by atoms with Gasteiger partial charge in [0.05, 0.1) is 18.8 Å². The summed E-state index contributed by atoms with van der Waals surface area (Å²) in [5, 5.41) is 3.75. The Labute approximate surface area is 237 Å². The molecule has 1 aliphatic heterocycles. The predicted molar refractivity (Wildman–Crippen MR) is 151 cm³/mol. The van der Waals surface area contributed by atoms with Gasteiger partial charge in [0.2, 0.25) is 0 Å². The van der Waals surface area contributed by atoms with E-state index in [4.69, 9.17) is 23.8 Å². The number of aromatic nitrogens is 2. The largest absolute Gasteiger partial charge is 0.587 e. The molecule has 1 aliphatic rings. The van der Waals surface area contributed by atoms with Crippen molar-refractivity contribution in [3.63, 3.8) is 0 Å². The Morgan fingerprint density at radius 3 is 2.22 bits per heavy atom. The van der Waals surface area contributed by atoms with E-state index in [9.17, 15) is 14.2 Å². The molecule has 0 saturated carbocycles. The predicted octanol–water partition coefficient (Wildman–Crippen LogP) is 5.30. The first-order valence-electron chi connectivity index (χ1n) is 10.8. The Morgan fingerprint density at radius 1 is 1.11 bits per heavy atom. The fourth-order valence-corrected chi connectivity index (χ4v) is 5.46. The summed E-state index contributed by atoms with van der Waals surface area (Å²) >= 11 is 4.26. The van der Waals surface area contributed by atoms with Gasteiger partial charge in [0, 0.05) is 30.2 Å². The summed E-state index contributed by atoms with van der Waals surface area (Å²) in [5.74, 6) is 0.530. The summed E-state index contributed by atoms with van der Waals surface area (Å²) in [6, 6.07) is 12.9. The number of hydrogen-bond acceptors (Lipinski definition) is 8. The first-order chi connectivity index (χ1) is 17.7. The lowest BCUT2D eigenvalue weighted by molar-refractivity contribution is -0.0260. The maximum atomic E-state index is 13.7. The first-order valence-corrected chi connectivity index (χ1v) is 14.4. The van der Waals surface area contributed by atoms with Crippen molar-refractivity contribution in [2.75, 3.05) is 6.61 Å². The van der Waals surface area contributed by atoms with Crippen LogP contribution in [0.25, 0.3) is 10.4 Å². The van der Waals surface area contributed by atoms with Gasteiger partial charge in [0.1, 0.15) is 17.7 Å². The minimum absolute atomic E-state index is 0.129. The fourth-order valence-electron chi connectivity index (χ4n) is 3.51. The number of aryl methyl sites for hydroxylation is 1. The topological polar surface area (TPSA) is 158 Å². The zero-order valence-electron chi connectivity index (χ0n) is 19.2. The van der Waals surface area contributed by atoms with E-state index in [1.807, 2.05) is 0 Å². The van der Waals surface area contributed by atoms with E-state index in [2.05, 4.69) is 60.2 Å². The highest BCUT2D eigenvalue weighted by Crippen LogP contribution is 2.50. The average molecular weight is 751 g/mol. The third kappa shape index (κ3) is 7.15. The normalized spacial score (nSPS) is 19.3. The molecule has 1 N–H and O–H groups in total. The van der Waals surface area contributed by atoms with E-state index < -0.39 is 37.4 Å². The number of phosphoric acid groups is 1. The second-order valence-corrected chi connectivity index (χ2v) is 12.0. The maximum absolute atomic E-state index is 13.7. The maximum Gasteiger partial charge on any atom is 0.587 e. The molecule has 37 heavy (non-hydrogen) atoms. The number of aromatic amines is 1. The number of H-pyrrole nitrogens is 1. The van der Waals surface area contributed by atoms with Gasteiger partial charge in [-0.1, -0.05) is 5.11 Å². The molecule has 3 aromatic rings. The second-order valence-electron chi connectivity index (χ2n) is 7.95. The van der Waals surface area contributed by atoms with Gasteiger partial charge in [-0.3, -0.25) is 18.9 Å². The number of phosphoric ester groups is 1. The molecular formula is C22H20I2N5O7P. The molecule has 194 valence electrons. The van der Waals surface area contributed by atoms with Crippen molar-refractivity contribution in [1.82, 2.24) is 9.55 Å². The molecule has 1 saturated heterocycles. The van der Waals surface area contributed by atoms with E-state index in [0.717, 1.165) is 7.14 Å². The van der Waals surface area contributed by atoms with Crippen LogP contribution in [0.1, 0.15) is 18.2 Å².